The van der Waals surface area contributed by atoms with Crippen LogP contribution in [0.4, 0.5) is 0 Å². The second-order valence-electron chi connectivity index (χ2n) is 3.71. The van der Waals surface area contributed by atoms with E-state index in [9.17, 15) is 0 Å². The molecular formula is C9H11ClO2. The first kappa shape index (κ1) is 7.36. The van der Waals surface area contributed by atoms with Gasteiger partial charge in [-0.1, -0.05) is 12.2 Å². The van der Waals surface area contributed by atoms with Crippen LogP contribution in [0.2, 0.25) is 0 Å². The fourth-order valence-electron chi connectivity index (χ4n) is 2.56. The molecule has 0 unspecified atom stereocenters. The van der Waals surface area contributed by atoms with E-state index in [0.717, 1.165) is 6.42 Å². The number of ether oxygens (including phenoxy) is 2. The summed E-state index contributed by atoms with van der Waals surface area (Å²) in [7, 11) is 0. The molecule has 3 heteroatoms. The largest absolute Gasteiger partial charge is 0.345 e. The highest BCUT2D eigenvalue weighted by atomic mass is 35.5. The summed E-state index contributed by atoms with van der Waals surface area (Å²) in [5.74, 6) is 0.406. The number of alkyl halides is 1. The van der Waals surface area contributed by atoms with Crippen LogP contribution in [0.5, 0.6) is 0 Å². The topological polar surface area (TPSA) is 18.5 Å². The summed E-state index contributed by atoms with van der Waals surface area (Å²) in [6.45, 7) is 1.39. The third kappa shape index (κ3) is 0.691. The molecule has 2 bridgehead atoms. The Morgan fingerprint density at radius 1 is 1.25 bits per heavy atom. The van der Waals surface area contributed by atoms with Crippen molar-refractivity contribution in [2.75, 3.05) is 13.2 Å². The van der Waals surface area contributed by atoms with Gasteiger partial charge in [0.05, 0.1) is 18.6 Å². The zero-order valence-corrected chi connectivity index (χ0v) is 7.46. The standard InChI is InChI=1S/C9H11ClO2/c10-8-6-1-2-7(5-6)9(8)11-3-4-12-9/h1-2,6-8H,3-5H2/t6-,7+,8-/m1/s1. The molecule has 1 saturated carbocycles. The molecule has 12 heavy (non-hydrogen) atoms. The number of allylic oxidation sites excluding steroid dienone is 1. The molecule has 66 valence electrons. The first-order valence-corrected chi connectivity index (χ1v) is 4.87. The van der Waals surface area contributed by atoms with E-state index < -0.39 is 5.79 Å². The Kier molecular flexibility index (Phi) is 1.38. The molecule has 3 atom stereocenters. The average Bonchev–Trinajstić information content (AvgIpc) is 2.75. The van der Waals surface area contributed by atoms with Crippen molar-refractivity contribution < 1.29 is 9.47 Å². The van der Waals surface area contributed by atoms with Crippen molar-refractivity contribution in [2.24, 2.45) is 11.8 Å². The van der Waals surface area contributed by atoms with E-state index >= 15 is 0 Å². The van der Waals surface area contributed by atoms with Gasteiger partial charge in [-0.3, -0.25) is 0 Å². The summed E-state index contributed by atoms with van der Waals surface area (Å²) in [5, 5.41) is 0.0231. The first-order chi connectivity index (χ1) is 5.83. The SMILES string of the molecule is Cl[C@@H]1[C@@H]2C=C[C@@H](C2)C12OCCO2. The van der Waals surface area contributed by atoms with Gasteiger partial charge < -0.3 is 9.47 Å². The highest BCUT2D eigenvalue weighted by Crippen LogP contribution is 2.53. The highest BCUT2D eigenvalue weighted by Gasteiger charge is 2.59. The van der Waals surface area contributed by atoms with Crippen molar-refractivity contribution in [3.05, 3.63) is 12.2 Å². The van der Waals surface area contributed by atoms with Crippen molar-refractivity contribution in [3.63, 3.8) is 0 Å². The molecule has 2 nitrogen and oxygen atoms in total. The van der Waals surface area contributed by atoms with E-state index in [-0.39, 0.29) is 5.38 Å². The predicted molar refractivity (Wildman–Crippen MR) is 45.0 cm³/mol. The van der Waals surface area contributed by atoms with Gasteiger partial charge in [-0.05, 0) is 12.3 Å². The normalized spacial score (nSPS) is 47.9. The van der Waals surface area contributed by atoms with Gasteiger partial charge in [-0.25, -0.2) is 0 Å². The van der Waals surface area contributed by atoms with Crippen LogP contribution < -0.4 is 0 Å². The Balaban J connectivity index is 2.00. The third-order valence-corrected chi connectivity index (χ3v) is 3.76. The molecule has 0 aromatic heterocycles. The number of rotatable bonds is 0. The molecular weight excluding hydrogens is 176 g/mol. The van der Waals surface area contributed by atoms with Gasteiger partial charge >= 0.3 is 0 Å². The Labute approximate surface area is 76.5 Å². The second-order valence-corrected chi connectivity index (χ2v) is 4.18. The van der Waals surface area contributed by atoms with Crippen LogP contribution in [0.1, 0.15) is 6.42 Å². The Hall–Kier alpha value is -0.0500. The molecule has 2 aliphatic carbocycles. The van der Waals surface area contributed by atoms with Crippen LogP contribution in [-0.4, -0.2) is 24.4 Å². The summed E-state index contributed by atoms with van der Waals surface area (Å²) < 4.78 is 11.3. The number of halogens is 1. The summed E-state index contributed by atoms with van der Waals surface area (Å²) in [6, 6.07) is 0. The number of hydrogen-bond acceptors (Lipinski definition) is 2. The van der Waals surface area contributed by atoms with Crippen LogP contribution in [-0.2, 0) is 9.47 Å². The monoisotopic (exact) mass is 186 g/mol. The van der Waals surface area contributed by atoms with Gasteiger partial charge in [-0.15, -0.1) is 11.6 Å². The zero-order chi connectivity index (χ0) is 8.18. The van der Waals surface area contributed by atoms with Crippen LogP contribution in [0, 0.1) is 11.8 Å². The lowest BCUT2D eigenvalue weighted by Crippen LogP contribution is -2.43. The van der Waals surface area contributed by atoms with Crippen LogP contribution in [0.15, 0.2) is 12.2 Å². The second kappa shape index (κ2) is 2.25. The molecule has 0 aromatic rings. The van der Waals surface area contributed by atoms with Crippen molar-refractivity contribution >= 4 is 11.6 Å². The fourth-order valence-corrected chi connectivity index (χ4v) is 3.04. The molecule has 3 aliphatic rings. The average molecular weight is 187 g/mol. The van der Waals surface area contributed by atoms with E-state index in [4.69, 9.17) is 21.1 Å². The fraction of sp³-hybridized carbons (Fsp3) is 0.778. The van der Waals surface area contributed by atoms with E-state index in [0.29, 0.717) is 25.0 Å². The minimum atomic E-state index is -0.457. The molecule has 0 aromatic carbocycles. The van der Waals surface area contributed by atoms with Gasteiger partial charge in [0.25, 0.3) is 0 Å². The number of fused-ring (bicyclic) bond motifs is 3. The minimum Gasteiger partial charge on any atom is -0.345 e. The van der Waals surface area contributed by atoms with Crippen LogP contribution in [0.3, 0.4) is 0 Å². The zero-order valence-electron chi connectivity index (χ0n) is 6.70. The van der Waals surface area contributed by atoms with Gasteiger partial charge in [-0.2, -0.15) is 0 Å². The minimum absolute atomic E-state index is 0.0231. The van der Waals surface area contributed by atoms with Crippen LogP contribution >= 0.6 is 11.6 Å². The van der Waals surface area contributed by atoms with Gasteiger partial charge in [0.2, 0.25) is 0 Å². The first-order valence-electron chi connectivity index (χ1n) is 4.43. The molecule has 2 fully saturated rings. The molecule has 0 radical (unpaired) electrons. The quantitative estimate of drug-likeness (QED) is 0.422. The van der Waals surface area contributed by atoms with E-state index in [1.165, 1.54) is 0 Å². The maximum absolute atomic E-state index is 6.27. The lowest BCUT2D eigenvalue weighted by Gasteiger charge is -2.32. The van der Waals surface area contributed by atoms with Crippen molar-refractivity contribution in [1.82, 2.24) is 0 Å². The number of hydrogen-bond donors (Lipinski definition) is 0. The molecule has 3 rings (SSSR count). The third-order valence-electron chi connectivity index (χ3n) is 3.13. The lowest BCUT2D eigenvalue weighted by molar-refractivity contribution is -0.170. The van der Waals surface area contributed by atoms with E-state index in [1.54, 1.807) is 0 Å². The van der Waals surface area contributed by atoms with E-state index in [1.807, 2.05) is 0 Å². The molecule has 0 amide bonds. The molecule has 1 spiro atoms. The molecule has 1 saturated heterocycles. The Bertz CT molecular complexity index is 233. The summed E-state index contributed by atoms with van der Waals surface area (Å²) in [4.78, 5) is 0. The maximum Gasteiger partial charge on any atom is 0.191 e. The van der Waals surface area contributed by atoms with Crippen molar-refractivity contribution in [3.8, 4) is 0 Å². The van der Waals surface area contributed by atoms with Crippen molar-refractivity contribution in [1.29, 1.82) is 0 Å². The summed E-state index contributed by atoms with van der Waals surface area (Å²) in [6.07, 6.45) is 5.49. The van der Waals surface area contributed by atoms with Crippen molar-refractivity contribution in [2.45, 2.75) is 17.6 Å². The maximum atomic E-state index is 6.27. The summed E-state index contributed by atoms with van der Waals surface area (Å²) in [5.41, 5.74) is 0. The van der Waals surface area contributed by atoms with Crippen LogP contribution in [0.25, 0.3) is 0 Å². The lowest BCUT2D eigenvalue weighted by atomic mass is 10.00. The predicted octanol–water partition coefficient (Wildman–Crippen LogP) is 1.54. The molecule has 1 aliphatic heterocycles. The van der Waals surface area contributed by atoms with Gasteiger partial charge in [0, 0.05) is 5.92 Å². The Morgan fingerprint density at radius 2 is 2.00 bits per heavy atom. The van der Waals surface area contributed by atoms with Gasteiger partial charge in [0.1, 0.15) is 0 Å². The van der Waals surface area contributed by atoms with E-state index in [2.05, 4.69) is 12.2 Å². The highest BCUT2D eigenvalue weighted by molar-refractivity contribution is 6.22. The molecule has 0 N–H and O–H groups in total. The smallest absolute Gasteiger partial charge is 0.191 e. The van der Waals surface area contributed by atoms with Gasteiger partial charge in [0.15, 0.2) is 5.79 Å². The molecule has 1 heterocycles. The summed E-state index contributed by atoms with van der Waals surface area (Å²) >= 11 is 6.27. The Morgan fingerprint density at radius 3 is 2.58 bits per heavy atom.